The van der Waals surface area contributed by atoms with Gasteiger partial charge in [-0.25, -0.2) is 19.6 Å². The molecule has 0 saturated heterocycles. The molecule has 2 aromatic heterocycles. The highest BCUT2D eigenvalue weighted by atomic mass is 32.2. The molecule has 0 spiro atoms. The van der Waals surface area contributed by atoms with Crippen molar-refractivity contribution in [3.05, 3.63) is 18.2 Å². The van der Waals surface area contributed by atoms with Crippen LogP contribution in [0.15, 0.2) is 22.8 Å². The van der Waals surface area contributed by atoms with Crippen molar-refractivity contribution in [2.75, 3.05) is 11.9 Å². The second-order valence-corrected chi connectivity index (χ2v) is 4.80. The minimum absolute atomic E-state index is 0.818. The standard InChI is InChI=1S/C11H16N6S/c1-4-5-12-9-8(2)10(14-6-13-9)18-11-15-7-16-17(11)3/h6-7H,4-5H2,1-3H3,(H,12,13,14). The van der Waals surface area contributed by atoms with Crippen LogP contribution in [0.25, 0.3) is 0 Å². The second kappa shape index (κ2) is 5.81. The van der Waals surface area contributed by atoms with Gasteiger partial charge in [-0.3, -0.25) is 0 Å². The molecule has 0 amide bonds. The lowest BCUT2D eigenvalue weighted by Gasteiger charge is -2.09. The molecule has 0 fully saturated rings. The van der Waals surface area contributed by atoms with Crippen molar-refractivity contribution in [3.63, 3.8) is 0 Å². The number of hydrogen-bond acceptors (Lipinski definition) is 6. The van der Waals surface area contributed by atoms with Crippen LogP contribution < -0.4 is 5.32 Å². The van der Waals surface area contributed by atoms with Gasteiger partial charge in [-0.2, -0.15) is 5.10 Å². The molecule has 7 heteroatoms. The van der Waals surface area contributed by atoms with Crippen LogP contribution in [0.2, 0.25) is 0 Å². The van der Waals surface area contributed by atoms with Gasteiger partial charge in [-0.1, -0.05) is 6.92 Å². The highest BCUT2D eigenvalue weighted by molar-refractivity contribution is 7.99. The summed E-state index contributed by atoms with van der Waals surface area (Å²) < 4.78 is 1.73. The van der Waals surface area contributed by atoms with E-state index < -0.39 is 0 Å². The molecule has 6 nitrogen and oxygen atoms in total. The molecular weight excluding hydrogens is 248 g/mol. The Bertz CT molecular complexity index is 524. The zero-order chi connectivity index (χ0) is 13.0. The topological polar surface area (TPSA) is 68.5 Å². The zero-order valence-electron chi connectivity index (χ0n) is 10.7. The lowest BCUT2D eigenvalue weighted by Crippen LogP contribution is -2.05. The van der Waals surface area contributed by atoms with E-state index in [9.17, 15) is 0 Å². The van der Waals surface area contributed by atoms with Gasteiger partial charge in [0.25, 0.3) is 0 Å². The Labute approximate surface area is 110 Å². The molecule has 2 aromatic rings. The van der Waals surface area contributed by atoms with Crippen LogP contribution in [0.1, 0.15) is 18.9 Å². The molecule has 0 bridgehead atoms. The van der Waals surface area contributed by atoms with Crippen molar-refractivity contribution in [3.8, 4) is 0 Å². The van der Waals surface area contributed by atoms with Crippen molar-refractivity contribution in [1.29, 1.82) is 0 Å². The van der Waals surface area contributed by atoms with Gasteiger partial charge >= 0.3 is 0 Å². The van der Waals surface area contributed by atoms with E-state index in [4.69, 9.17) is 0 Å². The summed E-state index contributed by atoms with van der Waals surface area (Å²) in [7, 11) is 1.86. The van der Waals surface area contributed by atoms with E-state index in [1.807, 2.05) is 14.0 Å². The van der Waals surface area contributed by atoms with E-state index in [-0.39, 0.29) is 0 Å². The van der Waals surface area contributed by atoms with Crippen molar-refractivity contribution >= 4 is 17.6 Å². The normalized spacial score (nSPS) is 10.6. The quantitative estimate of drug-likeness (QED) is 0.832. The van der Waals surface area contributed by atoms with Crippen LogP contribution in [0.5, 0.6) is 0 Å². The minimum atomic E-state index is 0.818. The minimum Gasteiger partial charge on any atom is -0.370 e. The Morgan fingerprint density at radius 3 is 2.78 bits per heavy atom. The van der Waals surface area contributed by atoms with Crippen molar-refractivity contribution in [2.24, 2.45) is 7.05 Å². The van der Waals surface area contributed by atoms with Crippen LogP contribution in [0.4, 0.5) is 5.82 Å². The average molecular weight is 264 g/mol. The maximum Gasteiger partial charge on any atom is 0.192 e. The molecule has 18 heavy (non-hydrogen) atoms. The number of aromatic nitrogens is 5. The van der Waals surface area contributed by atoms with Gasteiger partial charge < -0.3 is 5.32 Å². The summed E-state index contributed by atoms with van der Waals surface area (Å²) in [6, 6.07) is 0. The van der Waals surface area contributed by atoms with Crippen molar-refractivity contribution in [1.82, 2.24) is 24.7 Å². The molecular formula is C11H16N6S. The first-order chi connectivity index (χ1) is 8.72. The van der Waals surface area contributed by atoms with Gasteiger partial charge in [0.15, 0.2) is 5.16 Å². The largest absolute Gasteiger partial charge is 0.370 e. The van der Waals surface area contributed by atoms with Crippen LogP contribution >= 0.6 is 11.8 Å². The van der Waals surface area contributed by atoms with E-state index in [2.05, 4.69) is 32.3 Å². The fourth-order valence-corrected chi connectivity index (χ4v) is 2.22. The van der Waals surface area contributed by atoms with Crippen LogP contribution in [-0.4, -0.2) is 31.3 Å². The Morgan fingerprint density at radius 1 is 1.28 bits per heavy atom. The maximum atomic E-state index is 4.29. The summed E-state index contributed by atoms with van der Waals surface area (Å²) in [6.45, 7) is 5.04. The third-order valence-corrected chi connectivity index (χ3v) is 3.60. The van der Waals surface area contributed by atoms with E-state index in [0.29, 0.717) is 0 Å². The number of aryl methyl sites for hydroxylation is 1. The monoisotopic (exact) mass is 264 g/mol. The van der Waals surface area contributed by atoms with Crippen LogP contribution in [0.3, 0.4) is 0 Å². The molecule has 0 aliphatic carbocycles. The van der Waals surface area contributed by atoms with Gasteiger partial charge in [-0.15, -0.1) is 0 Å². The lowest BCUT2D eigenvalue weighted by molar-refractivity contribution is 0.684. The maximum absolute atomic E-state index is 4.29. The molecule has 1 N–H and O–H groups in total. The Balaban J connectivity index is 2.21. The third-order valence-electron chi connectivity index (χ3n) is 2.44. The molecule has 2 rings (SSSR count). The fraction of sp³-hybridized carbons (Fsp3) is 0.455. The average Bonchev–Trinajstić information content (AvgIpc) is 2.76. The first-order valence-electron chi connectivity index (χ1n) is 5.79. The van der Waals surface area contributed by atoms with E-state index >= 15 is 0 Å². The van der Waals surface area contributed by atoms with Gasteiger partial charge in [0.2, 0.25) is 0 Å². The Kier molecular flexibility index (Phi) is 4.14. The van der Waals surface area contributed by atoms with Gasteiger partial charge in [0, 0.05) is 19.2 Å². The molecule has 0 saturated carbocycles. The smallest absolute Gasteiger partial charge is 0.192 e. The first kappa shape index (κ1) is 12.8. The van der Waals surface area contributed by atoms with E-state index in [0.717, 1.165) is 34.5 Å². The number of rotatable bonds is 5. The van der Waals surface area contributed by atoms with E-state index in [1.165, 1.54) is 18.1 Å². The fourth-order valence-electron chi connectivity index (χ4n) is 1.42. The molecule has 0 aliphatic heterocycles. The molecule has 0 aromatic carbocycles. The van der Waals surface area contributed by atoms with Gasteiger partial charge in [0.1, 0.15) is 23.5 Å². The predicted molar refractivity (Wildman–Crippen MR) is 70.7 cm³/mol. The summed E-state index contributed by atoms with van der Waals surface area (Å²) in [5.41, 5.74) is 1.04. The van der Waals surface area contributed by atoms with Crippen molar-refractivity contribution in [2.45, 2.75) is 30.5 Å². The SMILES string of the molecule is CCCNc1ncnc(Sc2ncnn2C)c1C. The highest BCUT2D eigenvalue weighted by Gasteiger charge is 2.10. The number of nitrogens with one attached hydrogen (secondary N) is 1. The molecule has 0 unspecified atom stereocenters. The number of nitrogens with zero attached hydrogens (tertiary/aromatic N) is 5. The number of anilines is 1. The predicted octanol–water partition coefficient (Wildman–Crippen LogP) is 1.89. The molecule has 96 valence electrons. The van der Waals surface area contributed by atoms with E-state index in [1.54, 1.807) is 11.0 Å². The van der Waals surface area contributed by atoms with Crippen LogP contribution in [0, 0.1) is 6.92 Å². The molecule has 0 atom stereocenters. The summed E-state index contributed by atoms with van der Waals surface area (Å²) in [5.74, 6) is 0.886. The molecule has 2 heterocycles. The Hall–Kier alpha value is -1.63. The summed E-state index contributed by atoms with van der Waals surface area (Å²) in [6.07, 6.45) is 4.17. The number of hydrogen-bond donors (Lipinski definition) is 1. The summed E-state index contributed by atoms with van der Waals surface area (Å²) >= 11 is 1.49. The summed E-state index contributed by atoms with van der Waals surface area (Å²) in [5, 5.41) is 9.05. The van der Waals surface area contributed by atoms with Crippen molar-refractivity contribution < 1.29 is 0 Å². The lowest BCUT2D eigenvalue weighted by atomic mass is 10.3. The summed E-state index contributed by atoms with van der Waals surface area (Å²) in [4.78, 5) is 12.7. The van der Waals surface area contributed by atoms with Crippen LogP contribution in [-0.2, 0) is 7.05 Å². The zero-order valence-corrected chi connectivity index (χ0v) is 11.5. The Morgan fingerprint density at radius 2 is 2.11 bits per heavy atom. The second-order valence-electron chi connectivity index (χ2n) is 3.85. The molecule has 0 aliphatic rings. The van der Waals surface area contributed by atoms with Gasteiger partial charge in [0.05, 0.1) is 0 Å². The third kappa shape index (κ3) is 2.79. The van der Waals surface area contributed by atoms with Gasteiger partial charge in [-0.05, 0) is 25.1 Å². The highest BCUT2D eigenvalue weighted by Crippen LogP contribution is 2.28. The molecule has 0 radical (unpaired) electrons. The first-order valence-corrected chi connectivity index (χ1v) is 6.61.